The SMILES string of the molecule is CCN(CCNC(=O)N1CCS(=O)(=O)C[C@@H]1c1cnn(C)c1)C1CC1. The van der Waals surface area contributed by atoms with Gasteiger partial charge in [-0.2, -0.15) is 5.10 Å². The molecular weight excluding hydrogens is 342 g/mol. The molecule has 1 aliphatic carbocycles. The topological polar surface area (TPSA) is 87.5 Å². The number of nitrogens with zero attached hydrogens (tertiary/aromatic N) is 4. The van der Waals surface area contributed by atoms with Gasteiger partial charge in [-0.25, -0.2) is 13.2 Å². The molecule has 9 heteroatoms. The highest BCUT2D eigenvalue weighted by molar-refractivity contribution is 7.91. The van der Waals surface area contributed by atoms with Crippen molar-refractivity contribution in [2.75, 3.05) is 37.7 Å². The van der Waals surface area contributed by atoms with Crippen molar-refractivity contribution < 1.29 is 13.2 Å². The summed E-state index contributed by atoms with van der Waals surface area (Å²) in [4.78, 5) is 16.6. The van der Waals surface area contributed by atoms with E-state index in [2.05, 4.69) is 22.2 Å². The van der Waals surface area contributed by atoms with E-state index >= 15 is 0 Å². The van der Waals surface area contributed by atoms with Crippen molar-refractivity contribution in [1.82, 2.24) is 24.9 Å². The lowest BCUT2D eigenvalue weighted by molar-refractivity contribution is 0.178. The molecule has 1 N–H and O–H groups in total. The predicted molar refractivity (Wildman–Crippen MR) is 95.0 cm³/mol. The molecule has 1 aromatic rings. The van der Waals surface area contributed by atoms with Crippen molar-refractivity contribution in [2.45, 2.75) is 31.8 Å². The van der Waals surface area contributed by atoms with E-state index in [9.17, 15) is 13.2 Å². The number of hydrogen-bond donors (Lipinski definition) is 1. The Bertz CT molecular complexity index is 713. The van der Waals surface area contributed by atoms with E-state index < -0.39 is 15.9 Å². The van der Waals surface area contributed by atoms with E-state index in [4.69, 9.17) is 0 Å². The first kappa shape index (κ1) is 18.2. The van der Waals surface area contributed by atoms with Crippen LogP contribution in [0, 0.1) is 0 Å². The average Bonchev–Trinajstić information content (AvgIpc) is 3.31. The number of carbonyl (C=O) groups excluding carboxylic acids is 1. The number of rotatable bonds is 6. The van der Waals surface area contributed by atoms with Crippen LogP contribution in [0.2, 0.25) is 0 Å². The third-order valence-electron chi connectivity index (χ3n) is 4.95. The van der Waals surface area contributed by atoms with E-state index in [1.165, 1.54) is 12.8 Å². The molecular formula is C16H27N5O3S. The van der Waals surface area contributed by atoms with Crippen molar-refractivity contribution in [3.05, 3.63) is 18.0 Å². The van der Waals surface area contributed by atoms with Crippen LogP contribution in [0.3, 0.4) is 0 Å². The molecule has 0 radical (unpaired) electrons. The van der Waals surface area contributed by atoms with Crippen LogP contribution in [0.4, 0.5) is 4.79 Å². The van der Waals surface area contributed by atoms with Crippen molar-refractivity contribution in [1.29, 1.82) is 0 Å². The Labute approximate surface area is 149 Å². The first-order valence-electron chi connectivity index (χ1n) is 8.87. The van der Waals surface area contributed by atoms with E-state index in [1.807, 2.05) is 0 Å². The first-order valence-corrected chi connectivity index (χ1v) is 10.7. The van der Waals surface area contributed by atoms with Crippen LogP contribution in [-0.2, 0) is 16.9 Å². The summed E-state index contributed by atoms with van der Waals surface area (Å²) in [5.74, 6) is -0.0321. The summed E-state index contributed by atoms with van der Waals surface area (Å²) in [6.45, 7) is 4.74. The molecule has 0 unspecified atom stereocenters. The van der Waals surface area contributed by atoms with Gasteiger partial charge in [0.05, 0.1) is 23.7 Å². The maximum atomic E-state index is 12.6. The smallest absolute Gasteiger partial charge is 0.318 e. The standard InChI is InChI=1S/C16H27N5O3S/c1-3-20(14-4-5-14)7-6-17-16(22)21-8-9-25(23,24)12-15(21)13-10-18-19(2)11-13/h10-11,14-15H,3-9,12H2,1-2H3,(H,17,22)/t15-/m1/s1. The largest absolute Gasteiger partial charge is 0.337 e. The number of hydrogen-bond acceptors (Lipinski definition) is 5. The summed E-state index contributed by atoms with van der Waals surface area (Å²) in [6.07, 6.45) is 5.90. The quantitative estimate of drug-likeness (QED) is 0.784. The Morgan fingerprint density at radius 1 is 1.44 bits per heavy atom. The van der Waals surface area contributed by atoms with Gasteiger partial charge >= 0.3 is 6.03 Å². The minimum absolute atomic E-state index is 0.0142. The Hall–Kier alpha value is -1.61. The lowest BCUT2D eigenvalue weighted by Crippen LogP contribution is -2.51. The van der Waals surface area contributed by atoms with Gasteiger partial charge in [-0.05, 0) is 19.4 Å². The molecule has 140 valence electrons. The van der Waals surface area contributed by atoms with Gasteiger partial charge in [0.25, 0.3) is 0 Å². The van der Waals surface area contributed by atoms with Crippen molar-refractivity contribution >= 4 is 15.9 Å². The van der Waals surface area contributed by atoms with Crippen molar-refractivity contribution in [2.24, 2.45) is 7.05 Å². The Kier molecular flexibility index (Phi) is 5.33. The molecule has 0 spiro atoms. The van der Waals surface area contributed by atoms with E-state index in [0.717, 1.165) is 18.7 Å². The van der Waals surface area contributed by atoms with Gasteiger partial charge in [0.1, 0.15) is 0 Å². The number of sulfone groups is 1. The molecule has 2 aliphatic rings. The molecule has 3 rings (SSSR count). The van der Waals surface area contributed by atoms with Crippen LogP contribution >= 0.6 is 0 Å². The molecule has 1 aliphatic heterocycles. The molecule has 1 aromatic heterocycles. The van der Waals surface area contributed by atoms with Gasteiger partial charge in [0.2, 0.25) is 0 Å². The predicted octanol–water partition coefficient (Wildman–Crippen LogP) is 0.386. The van der Waals surface area contributed by atoms with Crippen molar-refractivity contribution in [3.63, 3.8) is 0 Å². The Balaban J connectivity index is 1.62. The summed E-state index contributed by atoms with van der Waals surface area (Å²) in [5.41, 5.74) is 0.758. The van der Waals surface area contributed by atoms with E-state index in [1.54, 1.807) is 29.0 Å². The maximum Gasteiger partial charge on any atom is 0.318 e. The zero-order chi connectivity index (χ0) is 18.0. The van der Waals surface area contributed by atoms with Crippen LogP contribution in [0.25, 0.3) is 0 Å². The number of aryl methyl sites for hydroxylation is 1. The summed E-state index contributed by atoms with van der Waals surface area (Å²) in [5, 5.41) is 7.07. The number of aromatic nitrogens is 2. The minimum Gasteiger partial charge on any atom is -0.337 e. The highest BCUT2D eigenvalue weighted by Gasteiger charge is 2.36. The second-order valence-corrected chi connectivity index (χ2v) is 9.09. The van der Waals surface area contributed by atoms with E-state index in [0.29, 0.717) is 12.6 Å². The molecule has 1 saturated carbocycles. The molecule has 25 heavy (non-hydrogen) atoms. The second kappa shape index (κ2) is 7.33. The van der Waals surface area contributed by atoms with Gasteiger partial charge in [-0.1, -0.05) is 6.92 Å². The molecule has 1 atom stereocenters. The molecule has 0 bridgehead atoms. The number of carbonyl (C=O) groups is 1. The number of likely N-dealkylation sites (N-methyl/N-ethyl adjacent to an activating group) is 1. The third-order valence-corrected chi connectivity index (χ3v) is 6.57. The number of urea groups is 1. The minimum atomic E-state index is -3.15. The van der Waals surface area contributed by atoms with Crippen molar-refractivity contribution in [3.8, 4) is 0 Å². The number of nitrogens with one attached hydrogen (secondary N) is 1. The first-order chi connectivity index (χ1) is 11.9. The van der Waals surface area contributed by atoms with Gasteiger partial charge < -0.3 is 10.2 Å². The summed E-state index contributed by atoms with van der Waals surface area (Å²) < 4.78 is 25.7. The molecule has 2 heterocycles. The van der Waals surface area contributed by atoms with Gasteiger partial charge in [-0.3, -0.25) is 9.58 Å². The van der Waals surface area contributed by atoms with Crippen LogP contribution < -0.4 is 5.32 Å². The summed E-state index contributed by atoms with van der Waals surface area (Å²) >= 11 is 0. The average molecular weight is 369 g/mol. The summed E-state index contributed by atoms with van der Waals surface area (Å²) in [7, 11) is -1.36. The van der Waals surface area contributed by atoms with Gasteiger partial charge in [0.15, 0.2) is 9.84 Å². The molecule has 2 amide bonds. The lowest BCUT2D eigenvalue weighted by atomic mass is 10.1. The Morgan fingerprint density at radius 3 is 2.80 bits per heavy atom. The maximum absolute atomic E-state index is 12.6. The monoisotopic (exact) mass is 369 g/mol. The van der Waals surface area contributed by atoms with E-state index in [-0.39, 0.29) is 24.1 Å². The highest BCUT2D eigenvalue weighted by atomic mass is 32.2. The molecule has 2 fully saturated rings. The van der Waals surface area contributed by atoms with Gasteiger partial charge in [0, 0.05) is 44.5 Å². The van der Waals surface area contributed by atoms with Crippen LogP contribution in [-0.4, -0.2) is 77.8 Å². The normalized spacial score (nSPS) is 23.0. The second-order valence-electron chi connectivity index (χ2n) is 6.86. The summed E-state index contributed by atoms with van der Waals surface area (Å²) in [6, 6.07) is -0.000985. The third kappa shape index (κ3) is 4.52. The zero-order valence-corrected chi connectivity index (χ0v) is 15.7. The highest BCUT2D eigenvalue weighted by Crippen LogP contribution is 2.27. The Morgan fingerprint density at radius 2 is 2.20 bits per heavy atom. The zero-order valence-electron chi connectivity index (χ0n) is 14.9. The van der Waals surface area contributed by atoms with Crippen LogP contribution in [0.5, 0.6) is 0 Å². The fourth-order valence-corrected chi connectivity index (χ4v) is 4.88. The lowest BCUT2D eigenvalue weighted by Gasteiger charge is -2.35. The molecule has 1 saturated heterocycles. The fourth-order valence-electron chi connectivity index (χ4n) is 3.39. The van der Waals surface area contributed by atoms with Crippen LogP contribution in [0.1, 0.15) is 31.4 Å². The fraction of sp³-hybridized carbons (Fsp3) is 0.750. The van der Waals surface area contributed by atoms with Gasteiger partial charge in [-0.15, -0.1) is 0 Å². The molecule has 0 aromatic carbocycles. The number of amides is 2. The van der Waals surface area contributed by atoms with Crippen LogP contribution in [0.15, 0.2) is 12.4 Å². The molecule has 8 nitrogen and oxygen atoms in total.